The lowest BCUT2D eigenvalue weighted by Gasteiger charge is -2.30. The van der Waals surface area contributed by atoms with E-state index < -0.39 is 0 Å². The van der Waals surface area contributed by atoms with E-state index in [0.717, 1.165) is 24.2 Å². The van der Waals surface area contributed by atoms with Gasteiger partial charge in [-0.05, 0) is 76.2 Å². The number of Topliss-reactive ketones (excluding diaryl/α,β-unsaturated/α-hetero) is 1. The van der Waals surface area contributed by atoms with E-state index in [1.54, 1.807) is 28.9 Å². The number of hydrogen-bond donors (Lipinski definition) is 1. The Morgan fingerprint density at radius 1 is 1.03 bits per heavy atom. The summed E-state index contributed by atoms with van der Waals surface area (Å²) in [6.45, 7) is 5.66. The maximum atomic E-state index is 12.7. The fourth-order valence-corrected chi connectivity index (χ4v) is 4.19. The lowest BCUT2D eigenvalue weighted by molar-refractivity contribution is -0.117. The van der Waals surface area contributed by atoms with E-state index in [1.807, 2.05) is 44.2 Å². The van der Waals surface area contributed by atoms with Gasteiger partial charge in [-0.2, -0.15) is 5.10 Å². The summed E-state index contributed by atoms with van der Waals surface area (Å²) >= 11 is 5.92. The highest BCUT2D eigenvalue weighted by Gasteiger charge is 2.27. The molecule has 1 aliphatic rings. The zero-order valence-corrected chi connectivity index (χ0v) is 19.1. The number of nitrogens with zero attached hydrogens (tertiary/aromatic N) is 3. The van der Waals surface area contributed by atoms with Crippen LogP contribution in [0.15, 0.2) is 54.6 Å². The molecule has 1 saturated heterocycles. The van der Waals surface area contributed by atoms with Gasteiger partial charge in [0.25, 0.3) is 0 Å². The van der Waals surface area contributed by atoms with Crippen LogP contribution in [0.25, 0.3) is 5.69 Å². The molecule has 0 bridgehead atoms. The molecule has 2 aromatic carbocycles. The second-order valence-corrected chi connectivity index (χ2v) is 8.82. The summed E-state index contributed by atoms with van der Waals surface area (Å²) in [6, 6.07) is 16.9. The molecule has 1 amide bonds. The van der Waals surface area contributed by atoms with Crippen LogP contribution in [0.1, 0.15) is 34.5 Å². The SMILES string of the molecule is Cc1ccc(-n2nc(C)cc2NC(=O)CN2CCC(C(=O)c3ccc(Cl)cc3)CC2)cc1. The zero-order valence-electron chi connectivity index (χ0n) is 18.3. The number of aryl methyl sites for hydroxylation is 2. The first-order chi connectivity index (χ1) is 15.4. The number of rotatable bonds is 6. The van der Waals surface area contributed by atoms with Crippen LogP contribution in [0, 0.1) is 19.8 Å². The maximum Gasteiger partial charge on any atom is 0.239 e. The van der Waals surface area contributed by atoms with Crippen molar-refractivity contribution < 1.29 is 9.59 Å². The number of nitrogens with one attached hydrogen (secondary N) is 1. The minimum atomic E-state index is -0.0826. The van der Waals surface area contributed by atoms with Gasteiger partial charge in [0, 0.05) is 22.6 Å². The summed E-state index contributed by atoms with van der Waals surface area (Å²) in [6.07, 6.45) is 1.49. The molecule has 32 heavy (non-hydrogen) atoms. The maximum absolute atomic E-state index is 12.7. The van der Waals surface area contributed by atoms with E-state index >= 15 is 0 Å². The van der Waals surface area contributed by atoms with Gasteiger partial charge in [-0.3, -0.25) is 14.5 Å². The van der Waals surface area contributed by atoms with Crippen molar-refractivity contribution in [2.75, 3.05) is 25.0 Å². The average molecular weight is 451 g/mol. The first kappa shape index (κ1) is 22.2. The molecule has 166 valence electrons. The summed E-state index contributed by atoms with van der Waals surface area (Å²) in [5, 5.41) is 8.14. The molecular weight excluding hydrogens is 424 g/mol. The predicted molar refractivity (Wildman–Crippen MR) is 127 cm³/mol. The van der Waals surface area contributed by atoms with E-state index in [4.69, 9.17) is 11.6 Å². The number of piperidine rings is 1. The van der Waals surface area contributed by atoms with Crippen molar-refractivity contribution >= 4 is 29.1 Å². The van der Waals surface area contributed by atoms with Crippen molar-refractivity contribution in [2.45, 2.75) is 26.7 Å². The van der Waals surface area contributed by atoms with Crippen LogP contribution in [0.5, 0.6) is 0 Å². The first-order valence-electron chi connectivity index (χ1n) is 10.8. The van der Waals surface area contributed by atoms with Crippen LogP contribution in [-0.4, -0.2) is 46.0 Å². The summed E-state index contributed by atoms with van der Waals surface area (Å²) in [5.74, 6) is 0.717. The molecular formula is C25H27ClN4O2. The summed E-state index contributed by atoms with van der Waals surface area (Å²) in [5.41, 5.74) is 3.61. The van der Waals surface area contributed by atoms with Gasteiger partial charge < -0.3 is 5.32 Å². The minimum Gasteiger partial charge on any atom is -0.309 e. The van der Waals surface area contributed by atoms with E-state index in [0.29, 0.717) is 36.0 Å². The molecule has 0 aliphatic carbocycles. The van der Waals surface area contributed by atoms with Crippen LogP contribution < -0.4 is 5.32 Å². The molecule has 1 fully saturated rings. The average Bonchev–Trinajstić information content (AvgIpc) is 3.14. The summed E-state index contributed by atoms with van der Waals surface area (Å²) < 4.78 is 1.75. The Hall–Kier alpha value is -2.96. The number of aromatic nitrogens is 2. The van der Waals surface area contributed by atoms with Crippen LogP contribution in [0.3, 0.4) is 0 Å². The Kier molecular flexibility index (Phi) is 6.72. The number of likely N-dealkylation sites (tertiary alicyclic amines) is 1. The van der Waals surface area contributed by atoms with E-state index in [9.17, 15) is 9.59 Å². The molecule has 0 radical (unpaired) electrons. The fraction of sp³-hybridized carbons (Fsp3) is 0.320. The van der Waals surface area contributed by atoms with E-state index in [-0.39, 0.29) is 17.6 Å². The Morgan fingerprint density at radius 2 is 1.69 bits per heavy atom. The summed E-state index contributed by atoms with van der Waals surface area (Å²) in [7, 11) is 0. The molecule has 7 heteroatoms. The number of ketones is 1. The van der Waals surface area contributed by atoms with E-state index in [2.05, 4.69) is 15.3 Å². The van der Waals surface area contributed by atoms with Crippen molar-refractivity contribution in [1.29, 1.82) is 0 Å². The second kappa shape index (κ2) is 9.67. The minimum absolute atomic E-state index is 0.0129. The molecule has 3 aromatic rings. The Bertz CT molecular complexity index is 1100. The quantitative estimate of drug-likeness (QED) is 0.554. The smallest absolute Gasteiger partial charge is 0.239 e. The monoisotopic (exact) mass is 450 g/mol. The standard InChI is InChI=1S/C25H27ClN4O2/c1-17-3-9-22(10-4-17)30-23(15-18(2)28-30)27-24(31)16-29-13-11-20(12-14-29)25(32)19-5-7-21(26)8-6-19/h3-10,15,20H,11-14,16H2,1-2H3,(H,27,31). The number of amides is 1. The largest absolute Gasteiger partial charge is 0.309 e. The van der Waals surface area contributed by atoms with Crippen LogP contribution in [0.4, 0.5) is 5.82 Å². The molecule has 0 saturated carbocycles. The second-order valence-electron chi connectivity index (χ2n) is 8.39. The molecule has 0 atom stereocenters. The fourth-order valence-electron chi connectivity index (χ4n) is 4.06. The van der Waals surface area contributed by atoms with Gasteiger partial charge in [0.1, 0.15) is 5.82 Å². The van der Waals surface area contributed by atoms with Crippen molar-refractivity contribution in [3.05, 3.63) is 76.4 Å². The van der Waals surface area contributed by atoms with Gasteiger partial charge in [-0.15, -0.1) is 0 Å². The highest BCUT2D eigenvalue weighted by molar-refractivity contribution is 6.30. The van der Waals surface area contributed by atoms with Crippen LogP contribution in [-0.2, 0) is 4.79 Å². The zero-order chi connectivity index (χ0) is 22.7. The number of anilines is 1. The van der Waals surface area contributed by atoms with Gasteiger partial charge in [0.15, 0.2) is 5.78 Å². The number of carbonyl (C=O) groups is 2. The number of halogens is 1. The Balaban J connectivity index is 1.33. The molecule has 1 N–H and O–H groups in total. The topological polar surface area (TPSA) is 67.2 Å². The van der Waals surface area contributed by atoms with Crippen molar-refractivity contribution in [3.63, 3.8) is 0 Å². The molecule has 1 aromatic heterocycles. The van der Waals surface area contributed by atoms with Crippen molar-refractivity contribution in [2.24, 2.45) is 5.92 Å². The van der Waals surface area contributed by atoms with Gasteiger partial charge in [0.2, 0.25) is 5.91 Å². The van der Waals surface area contributed by atoms with Crippen molar-refractivity contribution in [1.82, 2.24) is 14.7 Å². The number of hydrogen-bond acceptors (Lipinski definition) is 4. The third kappa shape index (κ3) is 5.26. The first-order valence-corrected chi connectivity index (χ1v) is 11.2. The van der Waals surface area contributed by atoms with Crippen LogP contribution in [0.2, 0.25) is 5.02 Å². The normalized spacial score (nSPS) is 15.0. The van der Waals surface area contributed by atoms with Gasteiger partial charge in [0.05, 0.1) is 17.9 Å². The molecule has 0 spiro atoms. The van der Waals surface area contributed by atoms with Crippen LogP contribution >= 0.6 is 11.6 Å². The van der Waals surface area contributed by atoms with E-state index in [1.165, 1.54) is 5.56 Å². The Morgan fingerprint density at radius 3 is 2.34 bits per heavy atom. The lowest BCUT2D eigenvalue weighted by Crippen LogP contribution is -2.41. The highest BCUT2D eigenvalue weighted by Crippen LogP contribution is 2.23. The third-order valence-corrected chi connectivity index (χ3v) is 6.08. The summed E-state index contributed by atoms with van der Waals surface area (Å²) in [4.78, 5) is 27.5. The van der Waals surface area contributed by atoms with Crippen molar-refractivity contribution in [3.8, 4) is 5.69 Å². The molecule has 4 rings (SSSR count). The van der Waals surface area contributed by atoms with Gasteiger partial charge >= 0.3 is 0 Å². The van der Waals surface area contributed by atoms with Gasteiger partial charge in [-0.25, -0.2) is 4.68 Å². The third-order valence-electron chi connectivity index (χ3n) is 5.83. The molecule has 6 nitrogen and oxygen atoms in total. The predicted octanol–water partition coefficient (Wildman–Crippen LogP) is 4.68. The number of carbonyl (C=O) groups excluding carboxylic acids is 2. The molecule has 0 unspecified atom stereocenters. The van der Waals surface area contributed by atoms with Gasteiger partial charge in [-0.1, -0.05) is 29.3 Å². The number of benzene rings is 2. The molecule has 2 heterocycles. The molecule has 1 aliphatic heterocycles. The lowest BCUT2D eigenvalue weighted by atomic mass is 9.89. The highest BCUT2D eigenvalue weighted by atomic mass is 35.5. The Labute approximate surface area is 193 Å².